The zero-order valence-corrected chi connectivity index (χ0v) is 15.3. The number of fused-ring (bicyclic) bond motifs is 1. The summed E-state index contributed by atoms with van der Waals surface area (Å²) in [7, 11) is 1.67. The number of ether oxygens (including phenoxy) is 2. The van der Waals surface area contributed by atoms with Crippen LogP contribution in [0.15, 0.2) is 41.3 Å². The van der Waals surface area contributed by atoms with Crippen molar-refractivity contribution in [3.8, 4) is 11.6 Å². The first-order valence-electron chi connectivity index (χ1n) is 7.75. The minimum absolute atomic E-state index is 0.290. The largest absolute Gasteiger partial charge is 0.435 e. The summed E-state index contributed by atoms with van der Waals surface area (Å²) in [5.41, 5.74) is 7.23. The van der Waals surface area contributed by atoms with E-state index in [0.717, 1.165) is 21.8 Å². The molecule has 3 rings (SSSR count). The van der Waals surface area contributed by atoms with Gasteiger partial charge in [-0.3, -0.25) is 4.98 Å². The Bertz CT molecular complexity index is 875. The number of methoxy groups -OCH3 is 1. The molecule has 0 saturated heterocycles. The van der Waals surface area contributed by atoms with Gasteiger partial charge in [0.15, 0.2) is 11.6 Å². The molecule has 2 heterocycles. The molecule has 25 heavy (non-hydrogen) atoms. The normalized spacial score (nSPS) is 10.8. The molecular weight excluding hydrogens is 386 g/mol. The first-order valence-corrected chi connectivity index (χ1v) is 8.54. The number of halogens is 1. The van der Waals surface area contributed by atoms with E-state index in [1.165, 1.54) is 6.33 Å². The third-order valence-corrected chi connectivity index (χ3v) is 4.24. The molecule has 0 aliphatic carbocycles. The summed E-state index contributed by atoms with van der Waals surface area (Å²) in [5, 5.41) is 4.11. The Labute approximate surface area is 153 Å². The second kappa shape index (κ2) is 8.09. The highest BCUT2D eigenvalue weighted by Gasteiger charge is 2.13. The zero-order chi connectivity index (χ0) is 17.6. The van der Waals surface area contributed by atoms with E-state index in [-0.39, 0.29) is 0 Å². The van der Waals surface area contributed by atoms with Gasteiger partial charge in [0.1, 0.15) is 17.5 Å². The van der Waals surface area contributed by atoms with E-state index < -0.39 is 0 Å². The number of anilines is 2. The molecule has 0 amide bonds. The standard InChI is InChI=1S/C17H18BrN5O2/c1-24-9-3-8-21-16-14(19)17(23-10-22-16)25-13-6-5-12(18)11-4-2-7-20-15(11)13/h2,4-7,10H,3,8-9,19H2,1H3,(H,21,22,23). The van der Waals surface area contributed by atoms with Crippen molar-refractivity contribution >= 4 is 38.3 Å². The van der Waals surface area contributed by atoms with Crippen LogP contribution in [0.4, 0.5) is 11.5 Å². The smallest absolute Gasteiger partial charge is 0.248 e. The van der Waals surface area contributed by atoms with Crippen LogP contribution in [0.5, 0.6) is 11.6 Å². The first-order chi connectivity index (χ1) is 12.2. The Balaban J connectivity index is 1.85. The van der Waals surface area contributed by atoms with Gasteiger partial charge in [0.25, 0.3) is 0 Å². The SMILES string of the molecule is COCCCNc1ncnc(Oc2ccc(Br)c3cccnc23)c1N. The molecule has 0 unspecified atom stereocenters. The second-order valence-electron chi connectivity index (χ2n) is 5.26. The second-order valence-corrected chi connectivity index (χ2v) is 6.12. The number of nitrogen functional groups attached to an aromatic ring is 1. The fourth-order valence-electron chi connectivity index (χ4n) is 2.32. The van der Waals surface area contributed by atoms with E-state index in [0.29, 0.717) is 36.3 Å². The van der Waals surface area contributed by atoms with Crippen molar-refractivity contribution in [2.24, 2.45) is 0 Å². The van der Waals surface area contributed by atoms with Crippen LogP contribution in [-0.4, -0.2) is 35.2 Å². The number of hydrogen-bond acceptors (Lipinski definition) is 7. The minimum Gasteiger partial charge on any atom is -0.435 e. The van der Waals surface area contributed by atoms with Gasteiger partial charge < -0.3 is 20.5 Å². The molecule has 0 aliphatic rings. The van der Waals surface area contributed by atoms with Gasteiger partial charge in [-0.1, -0.05) is 22.0 Å². The summed E-state index contributed by atoms with van der Waals surface area (Å²) in [5.74, 6) is 1.41. The van der Waals surface area contributed by atoms with Crippen LogP contribution in [-0.2, 0) is 4.74 Å². The molecule has 0 spiro atoms. The van der Waals surface area contributed by atoms with E-state index in [9.17, 15) is 0 Å². The Hall–Kier alpha value is -2.45. The van der Waals surface area contributed by atoms with Crippen LogP contribution < -0.4 is 15.8 Å². The van der Waals surface area contributed by atoms with Gasteiger partial charge >= 0.3 is 0 Å². The summed E-state index contributed by atoms with van der Waals surface area (Å²) in [6, 6.07) is 7.57. The van der Waals surface area contributed by atoms with Crippen LogP contribution in [0.2, 0.25) is 0 Å². The lowest BCUT2D eigenvalue weighted by molar-refractivity contribution is 0.198. The van der Waals surface area contributed by atoms with Crippen LogP contribution in [0.3, 0.4) is 0 Å². The van der Waals surface area contributed by atoms with Crippen molar-refractivity contribution in [2.45, 2.75) is 6.42 Å². The Kier molecular flexibility index (Phi) is 5.62. The van der Waals surface area contributed by atoms with Crippen LogP contribution in [0.1, 0.15) is 6.42 Å². The summed E-state index contributed by atoms with van der Waals surface area (Å²) in [6.07, 6.45) is 3.98. The van der Waals surface area contributed by atoms with Gasteiger partial charge in [0.05, 0.1) is 0 Å². The van der Waals surface area contributed by atoms with Crippen molar-refractivity contribution < 1.29 is 9.47 Å². The lowest BCUT2D eigenvalue weighted by Crippen LogP contribution is -2.09. The van der Waals surface area contributed by atoms with E-state index in [1.807, 2.05) is 24.3 Å². The molecular formula is C17H18BrN5O2. The molecule has 130 valence electrons. The Morgan fingerprint density at radius 2 is 2.08 bits per heavy atom. The van der Waals surface area contributed by atoms with E-state index in [2.05, 4.69) is 36.2 Å². The number of nitrogens with one attached hydrogen (secondary N) is 1. The van der Waals surface area contributed by atoms with Gasteiger partial charge in [-0.25, -0.2) is 4.98 Å². The van der Waals surface area contributed by atoms with Crippen molar-refractivity contribution in [1.82, 2.24) is 15.0 Å². The molecule has 0 bridgehead atoms. The average molecular weight is 404 g/mol. The summed E-state index contributed by atoms with van der Waals surface area (Å²) >= 11 is 3.52. The third kappa shape index (κ3) is 3.97. The maximum Gasteiger partial charge on any atom is 0.248 e. The first kappa shape index (κ1) is 17.4. The van der Waals surface area contributed by atoms with Gasteiger partial charge in [0.2, 0.25) is 5.88 Å². The highest BCUT2D eigenvalue weighted by molar-refractivity contribution is 9.10. The number of pyridine rings is 1. The Morgan fingerprint density at radius 1 is 1.20 bits per heavy atom. The average Bonchev–Trinajstić information content (AvgIpc) is 2.64. The molecule has 0 aliphatic heterocycles. The van der Waals surface area contributed by atoms with Crippen LogP contribution >= 0.6 is 15.9 Å². The number of nitrogens with two attached hydrogens (primary N) is 1. The van der Waals surface area contributed by atoms with Crippen molar-refractivity contribution in [3.05, 3.63) is 41.3 Å². The number of rotatable bonds is 7. The number of benzene rings is 1. The van der Waals surface area contributed by atoms with Gasteiger partial charge in [0, 0.05) is 36.3 Å². The van der Waals surface area contributed by atoms with Crippen LogP contribution in [0.25, 0.3) is 10.9 Å². The van der Waals surface area contributed by atoms with E-state index in [4.69, 9.17) is 15.2 Å². The minimum atomic E-state index is 0.290. The van der Waals surface area contributed by atoms with E-state index in [1.54, 1.807) is 13.3 Å². The molecule has 3 aromatic rings. The highest BCUT2D eigenvalue weighted by atomic mass is 79.9. The molecule has 0 radical (unpaired) electrons. The molecule has 2 aromatic heterocycles. The number of nitrogens with zero attached hydrogens (tertiary/aromatic N) is 3. The van der Waals surface area contributed by atoms with Gasteiger partial charge in [-0.05, 0) is 24.6 Å². The topological polar surface area (TPSA) is 95.2 Å². The predicted octanol–water partition coefficient (Wildman–Crippen LogP) is 3.61. The molecule has 7 nitrogen and oxygen atoms in total. The van der Waals surface area contributed by atoms with Crippen molar-refractivity contribution in [3.63, 3.8) is 0 Å². The predicted molar refractivity (Wildman–Crippen MR) is 101 cm³/mol. The maximum absolute atomic E-state index is 6.15. The number of hydrogen-bond donors (Lipinski definition) is 2. The van der Waals surface area contributed by atoms with Crippen molar-refractivity contribution in [2.75, 3.05) is 31.3 Å². The Morgan fingerprint density at radius 3 is 2.92 bits per heavy atom. The summed E-state index contributed by atoms with van der Waals surface area (Å²) < 4.78 is 11.9. The molecule has 0 fully saturated rings. The fraction of sp³-hybridized carbons (Fsp3) is 0.235. The molecule has 1 aromatic carbocycles. The van der Waals surface area contributed by atoms with Gasteiger partial charge in [-0.2, -0.15) is 4.98 Å². The molecule has 8 heteroatoms. The van der Waals surface area contributed by atoms with Crippen molar-refractivity contribution in [1.29, 1.82) is 0 Å². The lowest BCUT2D eigenvalue weighted by atomic mass is 10.2. The number of aromatic nitrogens is 3. The quantitative estimate of drug-likeness (QED) is 0.581. The molecule has 0 atom stereocenters. The summed E-state index contributed by atoms with van der Waals surface area (Å²) in [4.78, 5) is 12.7. The third-order valence-electron chi connectivity index (χ3n) is 3.55. The lowest BCUT2D eigenvalue weighted by Gasteiger charge is -2.13. The molecule has 3 N–H and O–H groups in total. The monoisotopic (exact) mass is 403 g/mol. The van der Waals surface area contributed by atoms with Gasteiger partial charge in [-0.15, -0.1) is 0 Å². The highest BCUT2D eigenvalue weighted by Crippen LogP contribution is 2.35. The zero-order valence-electron chi connectivity index (χ0n) is 13.7. The summed E-state index contributed by atoms with van der Waals surface area (Å²) in [6.45, 7) is 1.36. The van der Waals surface area contributed by atoms with Crippen LogP contribution in [0, 0.1) is 0 Å². The maximum atomic E-state index is 6.15. The van der Waals surface area contributed by atoms with E-state index >= 15 is 0 Å². The fourth-order valence-corrected chi connectivity index (χ4v) is 2.78. The molecule has 0 saturated carbocycles.